The minimum absolute atomic E-state index is 0.0781. The fraction of sp³-hybridized carbons (Fsp3) is 0.350. The average Bonchev–Trinajstić information content (AvgIpc) is 2.88. The minimum Gasteiger partial charge on any atom is -0.505 e. The maximum absolute atomic E-state index is 13.2. The van der Waals surface area contributed by atoms with Crippen molar-refractivity contribution in [3.05, 3.63) is 63.4 Å². The van der Waals surface area contributed by atoms with Crippen LogP contribution in [0.25, 0.3) is 0 Å². The number of halogens is 3. The Balaban J connectivity index is 1.56. The first-order valence-electron chi connectivity index (χ1n) is 8.70. The van der Waals surface area contributed by atoms with Gasteiger partial charge in [0.05, 0.1) is 10.0 Å². The maximum atomic E-state index is 13.2. The smallest absolute Gasteiger partial charge is 0.254 e. The summed E-state index contributed by atoms with van der Waals surface area (Å²) in [7, 11) is 0. The fourth-order valence-electron chi connectivity index (χ4n) is 4.35. The number of aromatic hydroxyl groups is 1. The predicted molar refractivity (Wildman–Crippen MR) is 99.5 cm³/mol. The van der Waals surface area contributed by atoms with E-state index in [-0.39, 0.29) is 39.6 Å². The molecule has 0 saturated carbocycles. The minimum atomic E-state index is -0.231. The van der Waals surface area contributed by atoms with E-state index in [1.807, 2.05) is 17.0 Å². The first-order chi connectivity index (χ1) is 12.4. The molecule has 2 aromatic carbocycles. The second kappa shape index (κ2) is 6.75. The first kappa shape index (κ1) is 17.6. The highest BCUT2D eigenvalue weighted by molar-refractivity contribution is 6.37. The topological polar surface area (TPSA) is 40.5 Å². The Hall–Kier alpha value is -1.78. The number of carbonyl (C=O) groups is 1. The van der Waals surface area contributed by atoms with Crippen LogP contribution in [-0.2, 0) is 0 Å². The van der Waals surface area contributed by atoms with Crippen molar-refractivity contribution in [3.8, 4) is 5.75 Å². The number of rotatable bonds is 2. The van der Waals surface area contributed by atoms with E-state index >= 15 is 0 Å². The lowest BCUT2D eigenvalue weighted by Gasteiger charge is -2.39. The van der Waals surface area contributed by atoms with Gasteiger partial charge in [-0.05, 0) is 61.4 Å². The molecule has 2 bridgehead atoms. The molecular weight excluding hydrogens is 376 g/mol. The molecule has 1 N–H and O–H groups in total. The van der Waals surface area contributed by atoms with Crippen molar-refractivity contribution in [2.24, 2.45) is 0 Å². The fourth-order valence-corrected chi connectivity index (χ4v) is 4.84. The van der Waals surface area contributed by atoms with E-state index in [0.29, 0.717) is 11.5 Å². The summed E-state index contributed by atoms with van der Waals surface area (Å²) in [6, 6.07) is 9.93. The third-order valence-corrected chi connectivity index (χ3v) is 6.15. The van der Waals surface area contributed by atoms with Gasteiger partial charge < -0.3 is 10.0 Å². The quantitative estimate of drug-likeness (QED) is 0.742. The van der Waals surface area contributed by atoms with Gasteiger partial charge in [0, 0.05) is 17.6 Å². The van der Waals surface area contributed by atoms with Gasteiger partial charge in [-0.2, -0.15) is 0 Å². The summed E-state index contributed by atoms with van der Waals surface area (Å²) < 4.78 is 13.2. The Bertz CT molecular complexity index is 818. The molecule has 2 fully saturated rings. The zero-order valence-corrected chi connectivity index (χ0v) is 15.5. The van der Waals surface area contributed by atoms with Gasteiger partial charge in [-0.3, -0.25) is 4.79 Å². The zero-order valence-electron chi connectivity index (χ0n) is 14.0. The van der Waals surface area contributed by atoms with Crippen molar-refractivity contribution >= 4 is 29.1 Å². The molecule has 6 heteroatoms. The predicted octanol–water partition coefficient (Wildman–Crippen LogP) is 5.39. The van der Waals surface area contributed by atoms with Gasteiger partial charge in [-0.25, -0.2) is 4.39 Å². The molecule has 4 rings (SSSR count). The number of nitrogens with zero attached hydrogens (tertiary/aromatic N) is 1. The summed E-state index contributed by atoms with van der Waals surface area (Å²) in [5.74, 6) is -0.198. The lowest BCUT2D eigenvalue weighted by Crippen LogP contribution is -2.46. The number of phenolic OH excluding ortho intramolecular Hbond substituents is 1. The molecule has 26 heavy (non-hydrogen) atoms. The molecule has 0 unspecified atom stereocenters. The van der Waals surface area contributed by atoms with Crippen LogP contribution in [0, 0.1) is 5.82 Å². The van der Waals surface area contributed by atoms with E-state index < -0.39 is 0 Å². The molecule has 1 amide bonds. The van der Waals surface area contributed by atoms with Gasteiger partial charge in [0.25, 0.3) is 5.91 Å². The van der Waals surface area contributed by atoms with Crippen molar-refractivity contribution in [3.63, 3.8) is 0 Å². The van der Waals surface area contributed by atoms with E-state index in [0.717, 1.165) is 31.2 Å². The Labute approximate surface area is 161 Å². The van der Waals surface area contributed by atoms with E-state index in [1.54, 1.807) is 0 Å². The molecule has 0 radical (unpaired) electrons. The van der Waals surface area contributed by atoms with Crippen molar-refractivity contribution < 1.29 is 14.3 Å². The maximum Gasteiger partial charge on any atom is 0.254 e. The van der Waals surface area contributed by atoms with Crippen LogP contribution in [0.15, 0.2) is 36.4 Å². The molecule has 2 heterocycles. The third-order valence-electron chi connectivity index (χ3n) is 5.57. The van der Waals surface area contributed by atoms with Crippen LogP contribution in [0.4, 0.5) is 4.39 Å². The van der Waals surface area contributed by atoms with Gasteiger partial charge >= 0.3 is 0 Å². The van der Waals surface area contributed by atoms with Crippen molar-refractivity contribution in [2.75, 3.05) is 0 Å². The monoisotopic (exact) mass is 393 g/mol. The number of hydrogen-bond donors (Lipinski definition) is 1. The Morgan fingerprint density at radius 3 is 2.12 bits per heavy atom. The van der Waals surface area contributed by atoms with Gasteiger partial charge in [0.2, 0.25) is 0 Å². The lowest BCUT2D eigenvalue weighted by atomic mass is 9.85. The summed E-state index contributed by atoms with van der Waals surface area (Å²) >= 11 is 11.9. The first-order valence-corrected chi connectivity index (χ1v) is 9.45. The molecule has 0 aliphatic carbocycles. The number of piperidine rings is 1. The highest BCUT2D eigenvalue weighted by Gasteiger charge is 2.43. The SMILES string of the molecule is O=C(c1cc(Cl)c(O)c(Cl)c1)N1[C@@H]2CC[C@H]1C[C@@H](c1ccc(F)cc1)C2. The van der Waals surface area contributed by atoms with Crippen LogP contribution in [0.1, 0.15) is 47.5 Å². The zero-order chi connectivity index (χ0) is 18.4. The molecule has 136 valence electrons. The molecule has 2 aliphatic rings. The van der Waals surface area contributed by atoms with Crippen molar-refractivity contribution in [1.82, 2.24) is 4.90 Å². The number of benzene rings is 2. The Morgan fingerprint density at radius 2 is 1.58 bits per heavy atom. The Morgan fingerprint density at radius 1 is 1.04 bits per heavy atom. The largest absolute Gasteiger partial charge is 0.505 e. The van der Waals surface area contributed by atoms with E-state index in [1.165, 1.54) is 24.3 Å². The van der Waals surface area contributed by atoms with Gasteiger partial charge in [0.15, 0.2) is 5.75 Å². The molecule has 0 aromatic heterocycles. The molecule has 0 spiro atoms. The van der Waals surface area contributed by atoms with Crippen molar-refractivity contribution in [2.45, 2.75) is 43.7 Å². The third kappa shape index (κ3) is 3.06. The van der Waals surface area contributed by atoms with Crippen LogP contribution in [-0.4, -0.2) is 28.0 Å². The lowest BCUT2D eigenvalue weighted by molar-refractivity contribution is 0.0571. The average molecular weight is 394 g/mol. The standard InChI is InChI=1S/C20H18Cl2FNO2/c21-17-9-13(10-18(22)19(17)25)20(26)24-15-5-6-16(24)8-12(7-15)11-1-3-14(23)4-2-11/h1-4,9-10,12,15-16,25H,5-8H2/t12-,15+,16-. The van der Waals surface area contributed by atoms with Crippen LogP contribution >= 0.6 is 23.2 Å². The summed E-state index contributed by atoms with van der Waals surface area (Å²) in [6.07, 6.45) is 3.67. The summed E-state index contributed by atoms with van der Waals surface area (Å²) in [4.78, 5) is 15.0. The summed E-state index contributed by atoms with van der Waals surface area (Å²) in [6.45, 7) is 0. The van der Waals surface area contributed by atoms with E-state index in [2.05, 4.69) is 0 Å². The number of amides is 1. The number of phenols is 1. The summed E-state index contributed by atoms with van der Waals surface area (Å²) in [5.41, 5.74) is 1.53. The number of carbonyl (C=O) groups excluding carboxylic acids is 1. The number of hydrogen-bond acceptors (Lipinski definition) is 2. The highest BCUT2D eigenvalue weighted by Crippen LogP contribution is 2.44. The Kier molecular flexibility index (Phi) is 4.57. The molecular formula is C20H18Cl2FNO2. The van der Waals surface area contributed by atoms with E-state index in [4.69, 9.17) is 23.2 Å². The van der Waals surface area contributed by atoms with Gasteiger partial charge in [-0.15, -0.1) is 0 Å². The van der Waals surface area contributed by atoms with Crippen LogP contribution < -0.4 is 0 Å². The van der Waals surface area contributed by atoms with Gasteiger partial charge in [-0.1, -0.05) is 35.3 Å². The summed E-state index contributed by atoms with van der Waals surface area (Å²) in [5, 5.41) is 9.86. The van der Waals surface area contributed by atoms with Crippen LogP contribution in [0.3, 0.4) is 0 Å². The molecule has 2 aliphatic heterocycles. The molecule has 3 atom stereocenters. The molecule has 3 nitrogen and oxygen atoms in total. The van der Waals surface area contributed by atoms with Crippen LogP contribution in [0.2, 0.25) is 10.0 Å². The second-order valence-electron chi connectivity index (χ2n) is 7.11. The van der Waals surface area contributed by atoms with Crippen molar-refractivity contribution in [1.29, 1.82) is 0 Å². The van der Waals surface area contributed by atoms with Crippen LogP contribution in [0.5, 0.6) is 5.75 Å². The molecule has 2 aromatic rings. The normalized spacial score (nSPS) is 24.7. The second-order valence-corrected chi connectivity index (χ2v) is 7.92. The highest BCUT2D eigenvalue weighted by atomic mass is 35.5. The number of fused-ring (bicyclic) bond motifs is 2. The van der Waals surface area contributed by atoms with E-state index in [9.17, 15) is 14.3 Å². The molecule has 2 saturated heterocycles. The van der Waals surface area contributed by atoms with Gasteiger partial charge in [0.1, 0.15) is 5.82 Å².